The van der Waals surface area contributed by atoms with E-state index in [1.165, 1.54) is 18.2 Å². The molecule has 18 heavy (non-hydrogen) atoms. The van der Waals surface area contributed by atoms with E-state index >= 15 is 0 Å². The van der Waals surface area contributed by atoms with Crippen LogP contribution in [0.1, 0.15) is 22.2 Å². The van der Waals surface area contributed by atoms with Crippen LogP contribution in [0.25, 0.3) is 0 Å². The van der Waals surface area contributed by atoms with Crippen LogP contribution >= 0.6 is 11.5 Å². The summed E-state index contributed by atoms with van der Waals surface area (Å²) in [6.45, 7) is 1.78. The fourth-order valence-electron chi connectivity index (χ4n) is 1.72. The van der Waals surface area contributed by atoms with Crippen LogP contribution in [-0.4, -0.2) is 9.59 Å². The van der Waals surface area contributed by atoms with E-state index in [2.05, 4.69) is 15.0 Å². The number of halogens is 2. The number of aryl methyl sites for hydroxylation is 1. The number of hydrogen-bond acceptors (Lipinski definition) is 5. The number of nitrogens with zero attached hydrogens (tertiary/aromatic N) is 2. The maximum Gasteiger partial charge on any atom is 0.129 e. The lowest BCUT2D eigenvalue weighted by atomic mass is 10.0. The van der Waals surface area contributed by atoms with E-state index in [-0.39, 0.29) is 12.0 Å². The molecule has 0 amide bonds. The van der Waals surface area contributed by atoms with E-state index in [4.69, 9.17) is 5.84 Å². The number of nitrogens with one attached hydrogen (secondary N) is 1. The molecule has 1 heterocycles. The lowest BCUT2D eigenvalue weighted by Gasteiger charge is -2.15. The van der Waals surface area contributed by atoms with Crippen molar-refractivity contribution in [2.24, 2.45) is 5.84 Å². The molecule has 4 nitrogen and oxygen atoms in total. The zero-order valence-electron chi connectivity index (χ0n) is 9.65. The summed E-state index contributed by atoms with van der Waals surface area (Å²) in [5.41, 5.74) is 3.26. The summed E-state index contributed by atoms with van der Waals surface area (Å²) in [6, 6.07) is 3.38. The maximum absolute atomic E-state index is 13.6. The van der Waals surface area contributed by atoms with Crippen LogP contribution in [0.4, 0.5) is 8.78 Å². The van der Waals surface area contributed by atoms with Crippen molar-refractivity contribution in [3.8, 4) is 0 Å². The summed E-state index contributed by atoms with van der Waals surface area (Å²) in [7, 11) is 0. The minimum atomic E-state index is -0.578. The minimum Gasteiger partial charge on any atom is -0.271 e. The highest BCUT2D eigenvalue weighted by Crippen LogP contribution is 2.25. The van der Waals surface area contributed by atoms with Gasteiger partial charge in [0.15, 0.2) is 0 Å². The Morgan fingerprint density at radius 1 is 1.39 bits per heavy atom. The van der Waals surface area contributed by atoms with Crippen LogP contribution in [-0.2, 0) is 6.42 Å². The Balaban J connectivity index is 2.29. The molecule has 0 aliphatic carbocycles. The van der Waals surface area contributed by atoms with Gasteiger partial charge < -0.3 is 0 Å². The molecule has 1 aromatic heterocycles. The summed E-state index contributed by atoms with van der Waals surface area (Å²) in [5.74, 6) is 4.28. The Bertz CT molecular complexity index is 523. The van der Waals surface area contributed by atoms with Gasteiger partial charge in [0.1, 0.15) is 11.6 Å². The van der Waals surface area contributed by atoms with Crippen molar-refractivity contribution in [2.45, 2.75) is 19.4 Å². The standard InChI is InChI=1S/C11H12F2N4S/c1-6-11(18-17-16-6)10(15-14)5-7-8(12)3-2-4-9(7)13/h2-4,10,15H,5,14H2,1H3. The van der Waals surface area contributed by atoms with Crippen LogP contribution in [0.2, 0.25) is 0 Å². The predicted molar refractivity (Wildman–Crippen MR) is 64.8 cm³/mol. The number of aromatic nitrogens is 2. The second-order valence-electron chi connectivity index (χ2n) is 3.85. The van der Waals surface area contributed by atoms with E-state index in [0.717, 1.165) is 16.4 Å². The summed E-state index contributed by atoms with van der Waals surface area (Å²) in [5, 5.41) is 3.86. The van der Waals surface area contributed by atoms with Crippen molar-refractivity contribution in [1.82, 2.24) is 15.0 Å². The van der Waals surface area contributed by atoms with Crippen molar-refractivity contribution < 1.29 is 8.78 Å². The van der Waals surface area contributed by atoms with Gasteiger partial charge in [0.2, 0.25) is 0 Å². The van der Waals surface area contributed by atoms with Crippen LogP contribution in [0.5, 0.6) is 0 Å². The van der Waals surface area contributed by atoms with Crippen LogP contribution < -0.4 is 11.3 Å². The lowest BCUT2D eigenvalue weighted by Crippen LogP contribution is -2.30. The molecular formula is C11H12F2N4S. The van der Waals surface area contributed by atoms with E-state index in [1.807, 2.05) is 0 Å². The average molecular weight is 270 g/mol. The molecule has 0 bridgehead atoms. The molecule has 1 atom stereocenters. The third-order valence-corrected chi connectivity index (χ3v) is 3.61. The number of hydrazine groups is 1. The van der Waals surface area contributed by atoms with Crippen molar-refractivity contribution >= 4 is 11.5 Å². The third-order valence-electron chi connectivity index (χ3n) is 2.67. The van der Waals surface area contributed by atoms with E-state index in [0.29, 0.717) is 5.69 Å². The van der Waals surface area contributed by atoms with Crippen LogP contribution in [0, 0.1) is 18.6 Å². The molecule has 7 heteroatoms. The van der Waals surface area contributed by atoms with Crippen molar-refractivity contribution in [3.05, 3.63) is 46.0 Å². The molecule has 0 aliphatic heterocycles. The summed E-state index contributed by atoms with van der Waals surface area (Å²) in [6.07, 6.45) is 0.111. The van der Waals surface area contributed by atoms with Crippen LogP contribution in [0.15, 0.2) is 18.2 Å². The molecule has 0 radical (unpaired) electrons. The fraction of sp³-hybridized carbons (Fsp3) is 0.273. The van der Waals surface area contributed by atoms with E-state index in [9.17, 15) is 8.78 Å². The molecule has 0 fully saturated rings. The SMILES string of the molecule is Cc1nnsc1C(Cc1c(F)cccc1F)NN. The van der Waals surface area contributed by atoms with Crippen LogP contribution in [0.3, 0.4) is 0 Å². The van der Waals surface area contributed by atoms with Crippen molar-refractivity contribution in [3.63, 3.8) is 0 Å². The van der Waals surface area contributed by atoms with Gasteiger partial charge in [-0.3, -0.25) is 11.3 Å². The van der Waals surface area contributed by atoms with Gasteiger partial charge in [-0.25, -0.2) is 8.78 Å². The lowest BCUT2D eigenvalue weighted by molar-refractivity contribution is 0.502. The molecule has 0 saturated heterocycles. The van der Waals surface area contributed by atoms with Gasteiger partial charge in [-0.1, -0.05) is 10.6 Å². The number of benzene rings is 1. The topological polar surface area (TPSA) is 63.8 Å². The largest absolute Gasteiger partial charge is 0.271 e. The Labute approximate surface area is 107 Å². The Morgan fingerprint density at radius 2 is 2.06 bits per heavy atom. The van der Waals surface area contributed by atoms with Gasteiger partial charge in [-0.05, 0) is 37.0 Å². The van der Waals surface area contributed by atoms with Crippen molar-refractivity contribution in [2.75, 3.05) is 0 Å². The first kappa shape index (κ1) is 13.0. The first-order valence-corrected chi connectivity index (χ1v) is 6.08. The molecule has 3 N–H and O–H groups in total. The molecule has 1 unspecified atom stereocenters. The molecule has 96 valence electrons. The molecule has 0 spiro atoms. The van der Waals surface area contributed by atoms with Gasteiger partial charge in [0.05, 0.1) is 16.6 Å². The smallest absolute Gasteiger partial charge is 0.129 e. The highest BCUT2D eigenvalue weighted by Gasteiger charge is 2.20. The van der Waals surface area contributed by atoms with Gasteiger partial charge in [0, 0.05) is 5.56 Å². The highest BCUT2D eigenvalue weighted by molar-refractivity contribution is 7.05. The molecule has 1 aromatic carbocycles. The normalized spacial score (nSPS) is 12.7. The molecular weight excluding hydrogens is 258 g/mol. The maximum atomic E-state index is 13.6. The average Bonchev–Trinajstić information content (AvgIpc) is 2.76. The molecule has 2 aromatic rings. The zero-order chi connectivity index (χ0) is 13.1. The monoisotopic (exact) mass is 270 g/mol. The van der Waals surface area contributed by atoms with Gasteiger partial charge >= 0.3 is 0 Å². The predicted octanol–water partition coefficient (Wildman–Crippen LogP) is 1.87. The van der Waals surface area contributed by atoms with Crippen molar-refractivity contribution in [1.29, 1.82) is 0 Å². The fourth-order valence-corrected chi connectivity index (χ4v) is 2.42. The number of hydrogen-bond donors (Lipinski definition) is 2. The molecule has 0 aliphatic rings. The number of nitrogens with two attached hydrogens (primary N) is 1. The summed E-state index contributed by atoms with van der Waals surface area (Å²) >= 11 is 1.16. The Kier molecular flexibility index (Phi) is 3.95. The zero-order valence-corrected chi connectivity index (χ0v) is 10.5. The van der Waals surface area contributed by atoms with E-state index in [1.54, 1.807) is 6.92 Å². The van der Waals surface area contributed by atoms with Gasteiger partial charge in [-0.2, -0.15) is 0 Å². The minimum absolute atomic E-state index is 0.00764. The molecule has 0 saturated carbocycles. The van der Waals surface area contributed by atoms with Gasteiger partial charge in [0.25, 0.3) is 0 Å². The first-order valence-electron chi connectivity index (χ1n) is 5.31. The summed E-state index contributed by atoms with van der Waals surface area (Å²) in [4.78, 5) is 0.778. The third kappa shape index (κ3) is 2.53. The summed E-state index contributed by atoms with van der Waals surface area (Å²) < 4.78 is 30.9. The highest BCUT2D eigenvalue weighted by atomic mass is 32.1. The second-order valence-corrected chi connectivity index (χ2v) is 4.63. The molecule has 2 rings (SSSR count). The Hall–Kier alpha value is -1.44. The quantitative estimate of drug-likeness (QED) is 0.657. The second kappa shape index (κ2) is 5.47. The first-order chi connectivity index (χ1) is 8.63. The Morgan fingerprint density at radius 3 is 2.56 bits per heavy atom. The van der Waals surface area contributed by atoms with E-state index < -0.39 is 17.7 Å². The van der Waals surface area contributed by atoms with Gasteiger partial charge in [-0.15, -0.1) is 5.10 Å². The number of rotatable bonds is 4.